The fourth-order valence-corrected chi connectivity index (χ4v) is 8.29. The van der Waals surface area contributed by atoms with E-state index in [1.54, 1.807) is 7.11 Å². The summed E-state index contributed by atoms with van der Waals surface area (Å²) in [5.74, 6) is -0.854. The van der Waals surface area contributed by atoms with Crippen molar-refractivity contribution >= 4 is 8.80 Å². The van der Waals surface area contributed by atoms with Gasteiger partial charge in [0.1, 0.15) is 17.8 Å². The molecular weight excluding hydrogens is 401 g/mol. The predicted molar refractivity (Wildman–Crippen MR) is 123 cm³/mol. The molecule has 0 amide bonds. The van der Waals surface area contributed by atoms with E-state index in [1.165, 1.54) is 43.1 Å². The number of methoxy groups -OCH3 is 1. The van der Waals surface area contributed by atoms with Gasteiger partial charge in [0, 0.05) is 34.5 Å². The van der Waals surface area contributed by atoms with Gasteiger partial charge in [-0.3, -0.25) is 0 Å². The van der Waals surface area contributed by atoms with E-state index in [0.29, 0.717) is 6.42 Å². The average molecular weight is 443 g/mol. The maximum atomic E-state index is 14.6. The Labute approximate surface area is 183 Å². The first-order valence-corrected chi connectivity index (χ1v) is 14.6. The number of halogens is 3. The van der Waals surface area contributed by atoms with Gasteiger partial charge < -0.3 is 4.74 Å². The van der Waals surface area contributed by atoms with Gasteiger partial charge in [-0.25, -0.2) is 13.2 Å². The number of alkyl halides is 1. The number of unbranched alkanes of at least 4 members (excludes halogenated alkanes) is 5. The van der Waals surface area contributed by atoms with Crippen LogP contribution in [0.2, 0.25) is 18.1 Å². The molecule has 0 saturated carbocycles. The standard InChI is InChI=1S/C25H41F3OSi/c1-3-4-5-7-10-22(26)19-23-24(27)17-21(18-25(23)28)20-11-15-30(16-12-20)14-9-6-8-13-29-2/h17-18,20,22,30H,3-16,19H2,1-2H3/t20-,22-,30-/m1/s1. The minimum absolute atomic E-state index is 0.0686. The molecule has 1 heterocycles. The fourth-order valence-electron chi connectivity index (χ4n) is 4.81. The van der Waals surface area contributed by atoms with Gasteiger partial charge in [-0.05, 0) is 49.3 Å². The van der Waals surface area contributed by atoms with Crippen LogP contribution in [0.3, 0.4) is 0 Å². The zero-order valence-electron chi connectivity index (χ0n) is 19.0. The van der Waals surface area contributed by atoms with Crippen LogP contribution in [0.25, 0.3) is 0 Å². The van der Waals surface area contributed by atoms with Crippen LogP contribution in [0.1, 0.15) is 88.2 Å². The number of hydrogen-bond donors (Lipinski definition) is 0. The third-order valence-electron chi connectivity index (χ3n) is 6.74. The van der Waals surface area contributed by atoms with Crippen molar-refractivity contribution in [3.05, 3.63) is 34.9 Å². The highest BCUT2D eigenvalue weighted by Crippen LogP contribution is 2.36. The molecule has 2 rings (SSSR count). The minimum atomic E-state index is -1.16. The summed E-state index contributed by atoms with van der Waals surface area (Å²) < 4.78 is 48.5. The van der Waals surface area contributed by atoms with Gasteiger partial charge in [0.2, 0.25) is 0 Å². The van der Waals surface area contributed by atoms with Crippen LogP contribution < -0.4 is 0 Å². The summed E-state index contributed by atoms with van der Waals surface area (Å²) in [6.07, 6.45) is 8.82. The van der Waals surface area contributed by atoms with Gasteiger partial charge in [-0.1, -0.05) is 63.6 Å². The number of benzene rings is 1. The maximum absolute atomic E-state index is 14.6. The first-order chi connectivity index (χ1) is 14.5. The van der Waals surface area contributed by atoms with Crippen LogP contribution in [0, 0.1) is 11.6 Å². The van der Waals surface area contributed by atoms with Crippen molar-refractivity contribution in [2.24, 2.45) is 0 Å². The van der Waals surface area contributed by atoms with Crippen molar-refractivity contribution in [2.75, 3.05) is 13.7 Å². The topological polar surface area (TPSA) is 9.23 Å². The van der Waals surface area contributed by atoms with Crippen molar-refractivity contribution in [3.63, 3.8) is 0 Å². The highest BCUT2D eigenvalue weighted by atomic mass is 28.3. The third-order valence-corrected chi connectivity index (χ3v) is 10.3. The Balaban J connectivity index is 1.81. The Bertz CT molecular complexity index is 579. The Kier molecular flexibility index (Phi) is 12.1. The Hall–Kier alpha value is -0.813. The second-order valence-electron chi connectivity index (χ2n) is 9.17. The second-order valence-corrected chi connectivity index (χ2v) is 12.6. The number of rotatable bonds is 14. The van der Waals surface area contributed by atoms with Crippen molar-refractivity contribution < 1.29 is 17.9 Å². The van der Waals surface area contributed by atoms with Crippen LogP contribution >= 0.6 is 0 Å². The molecule has 1 aliphatic heterocycles. The van der Waals surface area contributed by atoms with E-state index < -0.39 is 26.6 Å². The quantitative estimate of drug-likeness (QED) is 0.211. The first-order valence-electron chi connectivity index (χ1n) is 12.2. The zero-order chi connectivity index (χ0) is 21.8. The average Bonchev–Trinajstić information content (AvgIpc) is 2.74. The molecule has 0 spiro atoms. The lowest BCUT2D eigenvalue weighted by atomic mass is 9.91. The second kappa shape index (κ2) is 14.3. The lowest BCUT2D eigenvalue weighted by Crippen LogP contribution is -2.20. The van der Waals surface area contributed by atoms with E-state index in [4.69, 9.17) is 4.74 Å². The summed E-state index contributed by atoms with van der Waals surface area (Å²) in [5, 5.41) is 0. The Morgan fingerprint density at radius 1 is 1.00 bits per heavy atom. The van der Waals surface area contributed by atoms with E-state index in [-0.39, 0.29) is 17.9 Å². The molecule has 0 N–H and O–H groups in total. The van der Waals surface area contributed by atoms with Crippen LogP contribution in [0.4, 0.5) is 13.2 Å². The predicted octanol–water partition coefficient (Wildman–Crippen LogP) is 7.74. The van der Waals surface area contributed by atoms with Gasteiger partial charge in [0.25, 0.3) is 0 Å². The fraction of sp³-hybridized carbons (Fsp3) is 0.760. The summed E-state index contributed by atoms with van der Waals surface area (Å²) in [7, 11) is 1.06. The Morgan fingerprint density at radius 3 is 2.30 bits per heavy atom. The van der Waals surface area contributed by atoms with E-state index in [0.717, 1.165) is 57.1 Å². The SMILES string of the molecule is CCCCCC[C@@H](F)Cc1c(F)cc([C@H]2CC[Si@H](CCCCCOC)CC2)cc1F. The summed E-state index contributed by atoms with van der Waals surface area (Å²) in [6, 6.07) is 6.89. The molecular formula is C25H41F3OSi. The molecule has 1 aromatic carbocycles. The highest BCUT2D eigenvalue weighted by molar-refractivity contribution is 6.59. The van der Waals surface area contributed by atoms with Crippen LogP contribution in [-0.4, -0.2) is 28.7 Å². The van der Waals surface area contributed by atoms with Gasteiger partial charge in [0.05, 0.1) is 0 Å². The van der Waals surface area contributed by atoms with Crippen molar-refractivity contribution in [3.8, 4) is 0 Å². The van der Waals surface area contributed by atoms with Crippen LogP contribution in [0.15, 0.2) is 12.1 Å². The molecule has 0 unspecified atom stereocenters. The molecule has 172 valence electrons. The lowest BCUT2D eigenvalue weighted by molar-refractivity contribution is 0.192. The maximum Gasteiger partial charge on any atom is 0.129 e. The zero-order valence-corrected chi connectivity index (χ0v) is 20.2. The number of ether oxygens (including phenoxy) is 1. The molecule has 1 atom stereocenters. The molecule has 30 heavy (non-hydrogen) atoms. The summed E-state index contributed by atoms with van der Waals surface area (Å²) in [6.45, 7) is 2.96. The molecule has 1 fully saturated rings. The highest BCUT2D eigenvalue weighted by Gasteiger charge is 2.25. The molecule has 1 saturated heterocycles. The van der Waals surface area contributed by atoms with Gasteiger partial charge >= 0.3 is 0 Å². The van der Waals surface area contributed by atoms with Gasteiger partial charge in [0.15, 0.2) is 0 Å². The Morgan fingerprint density at radius 2 is 1.67 bits per heavy atom. The summed E-state index contributed by atoms with van der Waals surface area (Å²) >= 11 is 0. The number of hydrogen-bond acceptors (Lipinski definition) is 1. The summed E-state index contributed by atoms with van der Waals surface area (Å²) in [5.41, 5.74) is 0.709. The molecule has 0 aliphatic carbocycles. The van der Waals surface area contributed by atoms with Crippen LogP contribution in [0.5, 0.6) is 0 Å². The molecule has 0 bridgehead atoms. The van der Waals surface area contributed by atoms with Crippen molar-refractivity contribution in [1.82, 2.24) is 0 Å². The van der Waals surface area contributed by atoms with E-state index >= 15 is 0 Å². The molecule has 0 radical (unpaired) electrons. The third kappa shape index (κ3) is 8.74. The monoisotopic (exact) mass is 442 g/mol. The molecule has 1 aromatic rings. The first kappa shape index (κ1) is 25.4. The van der Waals surface area contributed by atoms with Crippen molar-refractivity contribution in [1.29, 1.82) is 0 Å². The van der Waals surface area contributed by atoms with Crippen LogP contribution in [-0.2, 0) is 11.2 Å². The van der Waals surface area contributed by atoms with E-state index in [2.05, 4.69) is 6.92 Å². The lowest BCUT2D eigenvalue weighted by Gasteiger charge is -2.28. The van der Waals surface area contributed by atoms with Gasteiger partial charge in [-0.15, -0.1) is 0 Å². The van der Waals surface area contributed by atoms with E-state index in [1.807, 2.05) is 0 Å². The molecule has 1 nitrogen and oxygen atoms in total. The smallest absolute Gasteiger partial charge is 0.129 e. The minimum Gasteiger partial charge on any atom is -0.385 e. The largest absolute Gasteiger partial charge is 0.385 e. The normalized spacial score (nSPS) is 20.4. The molecule has 5 heteroatoms. The van der Waals surface area contributed by atoms with E-state index in [9.17, 15) is 13.2 Å². The van der Waals surface area contributed by atoms with Gasteiger partial charge in [-0.2, -0.15) is 0 Å². The summed E-state index contributed by atoms with van der Waals surface area (Å²) in [4.78, 5) is 0. The van der Waals surface area contributed by atoms with Crippen molar-refractivity contribution in [2.45, 2.75) is 108 Å². The molecule has 0 aromatic heterocycles. The molecule has 1 aliphatic rings.